The van der Waals surface area contributed by atoms with Crippen LogP contribution in [0.15, 0.2) is 29.2 Å². The summed E-state index contributed by atoms with van der Waals surface area (Å²) in [5.41, 5.74) is 2.32. The Hall–Kier alpha value is -3.04. The molecule has 2 aromatic heterocycles. The Labute approximate surface area is 223 Å². The Morgan fingerprint density at radius 3 is 2.92 bits per heavy atom. The zero-order valence-electron chi connectivity index (χ0n) is 22.1. The third-order valence-corrected chi connectivity index (χ3v) is 6.86. The molecule has 1 aliphatic rings. The van der Waals surface area contributed by atoms with Gasteiger partial charge in [0.2, 0.25) is 11.7 Å². The number of benzene rings is 1. The van der Waals surface area contributed by atoms with Crippen molar-refractivity contribution in [2.45, 2.75) is 65.5 Å². The first-order chi connectivity index (χ1) is 18.0. The fourth-order valence-electron chi connectivity index (χ4n) is 4.63. The normalized spacial score (nSPS) is 13.9. The van der Waals surface area contributed by atoms with Gasteiger partial charge in [0.25, 0.3) is 5.56 Å². The minimum atomic E-state index is -0.0889. The molecule has 0 bridgehead atoms. The summed E-state index contributed by atoms with van der Waals surface area (Å²) < 4.78 is 13.2. The molecule has 4 rings (SSSR count). The first-order valence-electron chi connectivity index (χ1n) is 13.1. The van der Waals surface area contributed by atoms with Gasteiger partial charge in [-0.1, -0.05) is 38.3 Å². The highest BCUT2D eigenvalue weighted by Gasteiger charge is 2.21. The Bertz CT molecular complexity index is 1280. The summed E-state index contributed by atoms with van der Waals surface area (Å²) >= 11 is 6.51. The lowest BCUT2D eigenvalue weighted by Crippen LogP contribution is -2.36. The van der Waals surface area contributed by atoms with E-state index in [1.165, 1.54) is 0 Å². The summed E-state index contributed by atoms with van der Waals surface area (Å²) in [6.07, 6.45) is 6.38. The van der Waals surface area contributed by atoms with E-state index in [0.29, 0.717) is 42.4 Å². The highest BCUT2D eigenvalue weighted by atomic mass is 35.5. The molecular formula is C27H37ClN6O3. The zero-order chi connectivity index (χ0) is 26.4. The van der Waals surface area contributed by atoms with E-state index in [-0.39, 0.29) is 11.6 Å². The van der Waals surface area contributed by atoms with Gasteiger partial charge in [0.05, 0.1) is 24.0 Å². The molecule has 10 heteroatoms. The molecule has 0 amide bonds. The lowest BCUT2D eigenvalue weighted by molar-refractivity contribution is 0.187. The van der Waals surface area contributed by atoms with Crippen LogP contribution >= 0.6 is 11.6 Å². The first kappa shape index (κ1) is 27.0. The van der Waals surface area contributed by atoms with Gasteiger partial charge in [-0.05, 0) is 44.4 Å². The van der Waals surface area contributed by atoms with Gasteiger partial charge in [-0.15, -0.1) is 0 Å². The topological polar surface area (TPSA) is 93.5 Å². The number of ether oxygens (including phenoxy) is 2. The van der Waals surface area contributed by atoms with Crippen LogP contribution in [0.25, 0.3) is 10.9 Å². The fraction of sp³-hybridized carbons (Fsp3) is 0.519. The lowest BCUT2D eigenvalue weighted by Gasteiger charge is -2.28. The van der Waals surface area contributed by atoms with E-state index in [1.807, 2.05) is 27.7 Å². The van der Waals surface area contributed by atoms with Gasteiger partial charge in [-0.25, -0.2) is 4.98 Å². The number of pyridine rings is 1. The average molecular weight is 529 g/mol. The molecule has 0 aliphatic carbocycles. The van der Waals surface area contributed by atoms with Crippen molar-refractivity contribution in [2.75, 3.05) is 42.5 Å². The number of fused-ring (bicyclic) bond motifs is 3. The predicted octanol–water partition coefficient (Wildman–Crippen LogP) is 5.78. The second-order valence-corrected chi connectivity index (χ2v) is 9.80. The van der Waals surface area contributed by atoms with Crippen molar-refractivity contribution in [1.82, 2.24) is 14.5 Å². The van der Waals surface area contributed by atoms with Crippen LogP contribution in [0.1, 0.15) is 52.9 Å². The maximum absolute atomic E-state index is 13.3. The van der Waals surface area contributed by atoms with Crippen LogP contribution in [0, 0.1) is 0 Å². The largest absolute Gasteiger partial charge is 0.486 e. The minimum Gasteiger partial charge on any atom is -0.486 e. The van der Waals surface area contributed by atoms with Crippen molar-refractivity contribution in [2.24, 2.45) is 0 Å². The maximum atomic E-state index is 13.3. The molecule has 1 aromatic carbocycles. The third-order valence-electron chi connectivity index (χ3n) is 6.59. The van der Waals surface area contributed by atoms with Gasteiger partial charge in [0.15, 0.2) is 5.82 Å². The zero-order valence-corrected chi connectivity index (χ0v) is 22.9. The number of anilines is 4. The summed E-state index contributed by atoms with van der Waals surface area (Å²) in [6.45, 7) is 8.68. The van der Waals surface area contributed by atoms with Crippen LogP contribution in [0.4, 0.5) is 23.1 Å². The van der Waals surface area contributed by atoms with Gasteiger partial charge in [0.1, 0.15) is 11.8 Å². The van der Waals surface area contributed by atoms with E-state index >= 15 is 0 Å². The number of aromatic nitrogens is 3. The van der Waals surface area contributed by atoms with Crippen LogP contribution in [0.3, 0.4) is 0 Å². The molecule has 0 fully saturated rings. The second-order valence-electron chi connectivity index (χ2n) is 9.39. The van der Waals surface area contributed by atoms with E-state index in [2.05, 4.69) is 36.4 Å². The summed E-state index contributed by atoms with van der Waals surface area (Å²) in [4.78, 5) is 24.5. The van der Waals surface area contributed by atoms with Gasteiger partial charge >= 0.3 is 0 Å². The molecule has 0 saturated heterocycles. The van der Waals surface area contributed by atoms with Gasteiger partial charge in [-0.2, -0.15) is 4.98 Å². The number of nitrogens with one attached hydrogen (secondary N) is 2. The quantitative estimate of drug-likeness (QED) is 0.302. The summed E-state index contributed by atoms with van der Waals surface area (Å²) in [7, 11) is 1.66. The molecule has 1 aliphatic heterocycles. The Kier molecular flexibility index (Phi) is 9.10. The number of methoxy groups -OCH3 is 1. The van der Waals surface area contributed by atoms with Crippen molar-refractivity contribution in [3.8, 4) is 5.75 Å². The average Bonchev–Trinajstić information content (AvgIpc) is 3.16. The third kappa shape index (κ3) is 5.93. The molecule has 0 spiro atoms. The highest BCUT2D eigenvalue weighted by molar-refractivity contribution is 6.32. The summed E-state index contributed by atoms with van der Waals surface area (Å²) in [5, 5.41) is 8.12. The van der Waals surface area contributed by atoms with Crippen molar-refractivity contribution in [3.63, 3.8) is 0 Å². The van der Waals surface area contributed by atoms with Crippen molar-refractivity contribution >= 4 is 45.6 Å². The summed E-state index contributed by atoms with van der Waals surface area (Å²) in [5.74, 6) is 1.44. The van der Waals surface area contributed by atoms with E-state index in [1.54, 1.807) is 13.3 Å². The van der Waals surface area contributed by atoms with Crippen LogP contribution in [0.5, 0.6) is 5.75 Å². The monoisotopic (exact) mass is 528 g/mol. The van der Waals surface area contributed by atoms with Crippen LogP contribution in [-0.2, 0) is 11.3 Å². The standard InChI is InChI=1S/C27H37ClN6O3/c1-5-7-13-33-22-11-10-19(15-20(22)23-24(26(33)35)37-14-8-12-29-23)31-25-21(28)16-30-27(32-25)34(17-36-4)18(3)9-6-2/h10-11,15-16,18,29H,5-9,12-14,17H2,1-4H3,(H,30,31,32). The highest BCUT2D eigenvalue weighted by Crippen LogP contribution is 2.35. The first-order valence-corrected chi connectivity index (χ1v) is 13.5. The Morgan fingerprint density at radius 1 is 1.32 bits per heavy atom. The molecule has 3 aromatic rings. The number of halogens is 1. The molecule has 200 valence electrons. The van der Waals surface area contributed by atoms with Gasteiger partial charge in [0, 0.05) is 37.3 Å². The molecule has 1 unspecified atom stereocenters. The SMILES string of the molecule is CCCCn1c(=O)c2c(c3cc(Nc4nc(N(COC)C(C)CCC)ncc4Cl)ccc31)NCCCO2. The fourth-order valence-corrected chi connectivity index (χ4v) is 4.77. The molecule has 3 heterocycles. The van der Waals surface area contributed by atoms with E-state index in [0.717, 1.165) is 60.9 Å². The molecular weight excluding hydrogens is 492 g/mol. The van der Waals surface area contributed by atoms with Crippen LogP contribution in [0.2, 0.25) is 5.02 Å². The number of rotatable bonds is 11. The summed E-state index contributed by atoms with van der Waals surface area (Å²) in [6, 6.07) is 6.14. The predicted molar refractivity (Wildman–Crippen MR) is 151 cm³/mol. The number of hydrogen-bond acceptors (Lipinski definition) is 8. The number of hydrogen-bond donors (Lipinski definition) is 2. The Morgan fingerprint density at radius 2 is 2.16 bits per heavy atom. The minimum absolute atomic E-state index is 0.0889. The molecule has 37 heavy (non-hydrogen) atoms. The molecule has 9 nitrogen and oxygen atoms in total. The molecule has 0 saturated carbocycles. The second kappa shape index (κ2) is 12.5. The molecule has 1 atom stereocenters. The number of unbranched alkanes of at least 4 members (excludes halogenated alkanes) is 1. The van der Waals surface area contributed by atoms with E-state index in [4.69, 9.17) is 26.1 Å². The van der Waals surface area contributed by atoms with Crippen LogP contribution in [-0.4, -0.2) is 47.6 Å². The molecule has 2 N–H and O–H groups in total. The Balaban J connectivity index is 1.75. The molecule has 0 radical (unpaired) electrons. The van der Waals surface area contributed by atoms with Crippen molar-refractivity contribution in [3.05, 3.63) is 39.8 Å². The van der Waals surface area contributed by atoms with E-state index in [9.17, 15) is 4.79 Å². The van der Waals surface area contributed by atoms with E-state index < -0.39 is 0 Å². The van der Waals surface area contributed by atoms with Crippen LogP contribution < -0.4 is 25.8 Å². The maximum Gasteiger partial charge on any atom is 0.295 e. The number of aryl methyl sites for hydroxylation is 1. The smallest absolute Gasteiger partial charge is 0.295 e. The van der Waals surface area contributed by atoms with Gasteiger partial charge < -0.3 is 29.6 Å². The number of nitrogens with zero attached hydrogens (tertiary/aromatic N) is 4. The van der Waals surface area contributed by atoms with Crippen molar-refractivity contribution in [1.29, 1.82) is 0 Å². The lowest BCUT2D eigenvalue weighted by atomic mass is 10.1. The van der Waals surface area contributed by atoms with Crippen molar-refractivity contribution < 1.29 is 9.47 Å². The van der Waals surface area contributed by atoms with Gasteiger partial charge in [-0.3, -0.25) is 4.79 Å².